The summed E-state index contributed by atoms with van der Waals surface area (Å²) in [7, 11) is 0. The first-order valence-electron chi connectivity index (χ1n) is 6.82. The molecule has 1 aliphatic heterocycles. The highest BCUT2D eigenvalue weighted by atomic mass is 79.9. The summed E-state index contributed by atoms with van der Waals surface area (Å²) in [5.41, 5.74) is 0.569. The highest BCUT2D eigenvalue weighted by Crippen LogP contribution is 2.27. The number of halogens is 1. The third kappa shape index (κ3) is 3.60. The molecule has 1 aromatic carbocycles. The van der Waals surface area contributed by atoms with E-state index in [1.54, 1.807) is 25.1 Å². The Morgan fingerprint density at radius 1 is 1.35 bits per heavy atom. The van der Waals surface area contributed by atoms with Gasteiger partial charge in [-0.3, -0.25) is 9.59 Å². The van der Waals surface area contributed by atoms with Crippen LogP contribution in [0.2, 0.25) is 0 Å². The lowest BCUT2D eigenvalue weighted by molar-refractivity contribution is -0.138. The Morgan fingerprint density at radius 3 is 2.65 bits per heavy atom. The molecule has 1 amide bonds. The zero-order valence-electron chi connectivity index (χ0n) is 11.5. The molecule has 20 heavy (non-hydrogen) atoms. The molecule has 1 heterocycles. The summed E-state index contributed by atoms with van der Waals surface area (Å²) >= 11 is 3.35. The van der Waals surface area contributed by atoms with Gasteiger partial charge in [-0.25, -0.2) is 0 Å². The molecule has 108 valence electrons. The van der Waals surface area contributed by atoms with Gasteiger partial charge in [0.05, 0.1) is 4.47 Å². The molecule has 1 aliphatic rings. The molecule has 0 aliphatic carbocycles. The predicted molar refractivity (Wildman–Crippen MR) is 80.1 cm³/mol. The van der Waals surface area contributed by atoms with Crippen molar-refractivity contribution in [3.05, 3.63) is 28.2 Å². The van der Waals surface area contributed by atoms with Crippen LogP contribution in [0.1, 0.15) is 36.5 Å². The van der Waals surface area contributed by atoms with Crippen LogP contribution in [0.5, 0.6) is 5.75 Å². The van der Waals surface area contributed by atoms with Gasteiger partial charge in [0.25, 0.3) is 5.91 Å². The van der Waals surface area contributed by atoms with Gasteiger partial charge in [-0.15, -0.1) is 0 Å². The number of carbonyl (C=O) groups is 2. The molecule has 0 N–H and O–H groups in total. The van der Waals surface area contributed by atoms with Crippen LogP contribution >= 0.6 is 15.9 Å². The molecule has 0 spiro atoms. The Hall–Kier alpha value is -1.36. The third-order valence-corrected chi connectivity index (χ3v) is 4.03. The van der Waals surface area contributed by atoms with Crippen LogP contribution in [0.25, 0.3) is 0 Å². The smallest absolute Gasteiger partial charge is 0.263 e. The van der Waals surface area contributed by atoms with Crippen molar-refractivity contribution in [3.8, 4) is 5.75 Å². The SMILES string of the molecule is CC(Oc1ccc(C=O)cc1Br)C(=O)N1CCCCC1. The van der Waals surface area contributed by atoms with E-state index in [1.165, 1.54) is 6.42 Å². The number of hydrogen-bond donors (Lipinski definition) is 0. The van der Waals surface area contributed by atoms with Crippen molar-refractivity contribution in [2.45, 2.75) is 32.3 Å². The molecule has 5 heteroatoms. The maximum Gasteiger partial charge on any atom is 0.263 e. The molecule has 0 radical (unpaired) electrons. The number of amides is 1. The molecular formula is C15H18BrNO3. The highest BCUT2D eigenvalue weighted by molar-refractivity contribution is 9.10. The molecule has 0 saturated carbocycles. The molecule has 4 nitrogen and oxygen atoms in total. The molecule has 1 atom stereocenters. The van der Waals surface area contributed by atoms with E-state index in [0.29, 0.717) is 15.8 Å². The summed E-state index contributed by atoms with van der Waals surface area (Å²) in [6, 6.07) is 5.05. The van der Waals surface area contributed by atoms with Crippen LogP contribution in [0, 0.1) is 0 Å². The fourth-order valence-electron chi connectivity index (χ4n) is 2.30. The Bertz CT molecular complexity index is 498. The lowest BCUT2D eigenvalue weighted by atomic mass is 10.1. The molecule has 1 fully saturated rings. The van der Waals surface area contributed by atoms with Crippen molar-refractivity contribution in [3.63, 3.8) is 0 Å². The normalized spacial score (nSPS) is 16.6. The van der Waals surface area contributed by atoms with Crippen LogP contribution in [0.3, 0.4) is 0 Å². The minimum absolute atomic E-state index is 0.0241. The number of benzene rings is 1. The van der Waals surface area contributed by atoms with Gasteiger partial charge in [0.1, 0.15) is 12.0 Å². The first kappa shape index (κ1) is 15.0. The molecule has 0 bridgehead atoms. The molecule has 2 rings (SSSR count). The van der Waals surface area contributed by atoms with E-state index in [1.807, 2.05) is 4.90 Å². The van der Waals surface area contributed by atoms with Gasteiger partial charge in [-0.1, -0.05) is 0 Å². The zero-order chi connectivity index (χ0) is 14.5. The van der Waals surface area contributed by atoms with Gasteiger partial charge in [0.2, 0.25) is 0 Å². The summed E-state index contributed by atoms with van der Waals surface area (Å²) in [6.45, 7) is 3.40. The van der Waals surface area contributed by atoms with Gasteiger partial charge in [-0.2, -0.15) is 0 Å². The number of aldehydes is 1. The van der Waals surface area contributed by atoms with Crippen molar-refractivity contribution in [1.82, 2.24) is 4.90 Å². The average molecular weight is 340 g/mol. The summed E-state index contributed by atoms with van der Waals surface area (Å²) in [6.07, 6.45) is 3.58. The number of likely N-dealkylation sites (tertiary alicyclic amines) is 1. The van der Waals surface area contributed by atoms with E-state index < -0.39 is 6.10 Å². The van der Waals surface area contributed by atoms with Crippen LogP contribution in [0.4, 0.5) is 0 Å². The Labute approximate surface area is 127 Å². The van der Waals surface area contributed by atoms with Gasteiger partial charge in [-0.05, 0) is 60.3 Å². The van der Waals surface area contributed by atoms with Crippen LogP contribution in [-0.4, -0.2) is 36.3 Å². The topological polar surface area (TPSA) is 46.6 Å². The third-order valence-electron chi connectivity index (χ3n) is 3.41. The van der Waals surface area contributed by atoms with E-state index in [9.17, 15) is 9.59 Å². The average Bonchev–Trinajstić information content (AvgIpc) is 2.49. The number of rotatable bonds is 4. The zero-order valence-corrected chi connectivity index (χ0v) is 13.1. The Balaban J connectivity index is 2.01. The van der Waals surface area contributed by atoms with Crippen molar-refractivity contribution >= 4 is 28.1 Å². The standard InChI is InChI=1S/C15H18BrNO3/c1-11(15(19)17-7-3-2-4-8-17)20-14-6-5-12(10-18)9-13(14)16/h5-6,9-11H,2-4,7-8H2,1H3. The maximum absolute atomic E-state index is 12.3. The van der Waals surface area contributed by atoms with Crippen LogP contribution in [0.15, 0.2) is 22.7 Å². The molecular weight excluding hydrogens is 322 g/mol. The van der Waals surface area contributed by atoms with Gasteiger partial charge in [0, 0.05) is 18.7 Å². The monoisotopic (exact) mass is 339 g/mol. The number of ether oxygens (including phenoxy) is 1. The first-order chi connectivity index (χ1) is 9.61. The molecule has 0 aromatic heterocycles. The summed E-state index contributed by atoms with van der Waals surface area (Å²) < 4.78 is 6.39. The van der Waals surface area contributed by atoms with Crippen molar-refractivity contribution in [2.24, 2.45) is 0 Å². The van der Waals surface area contributed by atoms with E-state index in [4.69, 9.17) is 4.74 Å². The Kier molecular flexibility index (Phi) is 5.17. The summed E-state index contributed by atoms with van der Waals surface area (Å²) in [5.74, 6) is 0.601. The Morgan fingerprint density at radius 2 is 2.05 bits per heavy atom. The van der Waals surface area contributed by atoms with Crippen LogP contribution in [-0.2, 0) is 4.79 Å². The van der Waals surface area contributed by atoms with Gasteiger partial charge >= 0.3 is 0 Å². The second-order valence-corrected chi connectivity index (χ2v) is 5.81. The number of piperidine rings is 1. The molecule has 1 unspecified atom stereocenters. The maximum atomic E-state index is 12.3. The molecule has 1 saturated heterocycles. The minimum atomic E-state index is -0.522. The summed E-state index contributed by atoms with van der Waals surface area (Å²) in [5, 5.41) is 0. The first-order valence-corrected chi connectivity index (χ1v) is 7.61. The second-order valence-electron chi connectivity index (χ2n) is 4.95. The minimum Gasteiger partial charge on any atom is -0.480 e. The lowest BCUT2D eigenvalue weighted by Gasteiger charge is -2.29. The van der Waals surface area contributed by atoms with Crippen LogP contribution < -0.4 is 4.74 Å². The summed E-state index contributed by atoms with van der Waals surface area (Å²) in [4.78, 5) is 24.8. The van der Waals surface area contributed by atoms with E-state index in [0.717, 1.165) is 32.2 Å². The van der Waals surface area contributed by atoms with E-state index in [2.05, 4.69) is 15.9 Å². The number of nitrogens with zero attached hydrogens (tertiary/aromatic N) is 1. The van der Waals surface area contributed by atoms with Crippen molar-refractivity contribution in [1.29, 1.82) is 0 Å². The van der Waals surface area contributed by atoms with Crippen molar-refractivity contribution in [2.75, 3.05) is 13.1 Å². The fourth-order valence-corrected chi connectivity index (χ4v) is 2.79. The van der Waals surface area contributed by atoms with Gasteiger partial charge in [0.15, 0.2) is 6.10 Å². The van der Waals surface area contributed by atoms with Crippen molar-refractivity contribution < 1.29 is 14.3 Å². The predicted octanol–water partition coefficient (Wildman–Crippen LogP) is 3.04. The fraction of sp³-hybridized carbons (Fsp3) is 0.467. The quantitative estimate of drug-likeness (QED) is 0.792. The number of carbonyl (C=O) groups excluding carboxylic acids is 2. The lowest BCUT2D eigenvalue weighted by Crippen LogP contribution is -2.43. The molecule has 1 aromatic rings. The highest BCUT2D eigenvalue weighted by Gasteiger charge is 2.23. The largest absolute Gasteiger partial charge is 0.480 e. The van der Waals surface area contributed by atoms with E-state index in [-0.39, 0.29) is 5.91 Å². The van der Waals surface area contributed by atoms with E-state index >= 15 is 0 Å². The van der Waals surface area contributed by atoms with Gasteiger partial charge < -0.3 is 9.64 Å². The number of hydrogen-bond acceptors (Lipinski definition) is 3. The second kappa shape index (κ2) is 6.88.